The van der Waals surface area contributed by atoms with Crippen molar-refractivity contribution in [1.82, 2.24) is 15.1 Å². The fourth-order valence-electron chi connectivity index (χ4n) is 4.45. The monoisotopic (exact) mass is 572 g/mol. The molecular weight excluding hydrogens is 527 g/mol. The van der Waals surface area contributed by atoms with Gasteiger partial charge in [0.05, 0.1) is 18.8 Å². The number of aliphatic imine (C=N–C) groups is 1. The molecular formula is C26H45IN4O2. The predicted octanol–water partition coefficient (Wildman–Crippen LogP) is 4.53. The molecule has 6 nitrogen and oxygen atoms in total. The highest BCUT2D eigenvalue weighted by Crippen LogP contribution is 2.18. The minimum Gasteiger partial charge on any atom is -0.376 e. The van der Waals surface area contributed by atoms with Crippen LogP contribution in [0.25, 0.3) is 0 Å². The molecule has 0 aliphatic carbocycles. The van der Waals surface area contributed by atoms with E-state index < -0.39 is 0 Å². The Balaban J connectivity index is 0.00000385. The Hall–Kier alpha value is -0.900. The van der Waals surface area contributed by atoms with Gasteiger partial charge in [-0.2, -0.15) is 0 Å². The van der Waals surface area contributed by atoms with E-state index in [0.717, 1.165) is 77.6 Å². The molecule has 2 aliphatic heterocycles. The van der Waals surface area contributed by atoms with E-state index in [1.54, 1.807) is 0 Å². The fraction of sp³-hybridized carbons (Fsp3) is 0.731. The Morgan fingerprint density at radius 3 is 2.64 bits per heavy atom. The van der Waals surface area contributed by atoms with Crippen molar-refractivity contribution in [2.45, 2.75) is 77.2 Å². The lowest BCUT2D eigenvalue weighted by Crippen LogP contribution is -2.47. The molecule has 2 atom stereocenters. The Morgan fingerprint density at radius 1 is 1.21 bits per heavy atom. The van der Waals surface area contributed by atoms with Crippen LogP contribution in [0.4, 0.5) is 0 Å². The van der Waals surface area contributed by atoms with Crippen molar-refractivity contribution >= 4 is 29.9 Å². The third kappa shape index (κ3) is 10.1. The van der Waals surface area contributed by atoms with Crippen LogP contribution in [0.2, 0.25) is 0 Å². The Bertz CT molecular complexity index is 662. The number of halogens is 1. The van der Waals surface area contributed by atoms with Crippen LogP contribution in [0.3, 0.4) is 0 Å². The maximum atomic E-state index is 6.18. The van der Waals surface area contributed by atoms with Gasteiger partial charge in [0.1, 0.15) is 0 Å². The average molecular weight is 573 g/mol. The lowest BCUT2D eigenvalue weighted by molar-refractivity contribution is -0.0721. The highest BCUT2D eigenvalue weighted by Gasteiger charge is 2.24. The summed E-state index contributed by atoms with van der Waals surface area (Å²) in [5.41, 5.74) is 1.36. The van der Waals surface area contributed by atoms with Crippen LogP contribution in [-0.4, -0.2) is 80.4 Å². The van der Waals surface area contributed by atoms with Crippen molar-refractivity contribution < 1.29 is 9.47 Å². The summed E-state index contributed by atoms with van der Waals surface area (Å²) >= 11 is 0. The van der Waals surface area contributed by atoms with Crippen LogP contribution in [0.1, 0.15) is 57.9 Å². The Kier molecular flexibility index (Phi) is 13.7. The number of piperidine rings is 1. The highest BCUT2D eigenvalue weighted by atomic mass is 127. The topological polar surface area (TPSA) is 49.3 Å². The van der Waals surface area contributed by atoms with E-state index in [2.05, 4.69) is 66.3 Å². The molecule has 2 aliphatic rings. The molecule has 188 valence electrons. The van der Waals surface area contributed by atoms with E-state index in [1.807, 2.05) is 0 Å². The molecule has 0 spiro atoms. The van der Waals surface area contributed by atoms with Gasteiger partial charge in [-0.15, -0.1) is 24.0 Å². The SMILES string of the molecule is CCNC(=NCCC(C)N(C)Cc1ccccc1)N1CCC(OCC2CCCCO2)CC1.I. The Labute approximate surface area is 218 Å². The van der Waals surface area contributed by atoms with Gasteiger partial charge in [0.2, 0.25) is 0 Å². The third-order valence-corrected chi connectivity index (χ3v) is 6.70. The molecule has 1 N–H and O–H groups in total. The molecule has 1 aromatic carbocycles. The summed E-state index contributed by atoms with van der Waals surface area (Å²) in [5.74, 6) is 1.06. The normalized spacial score (nSPS) is 21.0. The maximum Gasteiger partial charge on any atom is 0.193 e. The van der Waals surface area contributed by atoms with Gasteiger partial charge in [0, 0.05) is 45.4 Å². The van der Waals surface area contributed by atoms with Crippen LogP contribution >= 0.6 is 24.0 Å². The van der Waals surface area contributed by atoms with Crippen molar-refractivity contribution in [2.24, 2.45) is 4.99 Å². The second kappa shape index (κ2) is 15.9. The van der Waals surface area contributed by atoms with Crippen molar-refractivity contribution in [1.29, 1.82) is 0 Å². The molecule has 0 radical (unpaired) electrons. The van der Waals surface area contributed by atoms with Crippen molar-refractivity contribution in [2.75, 3.05) is 46.4 Å². The van der Waals surface area contributed by atoms with Gasteiger partial charge in [-0.1, -0.05) is 30.3 Å². The van der Waals surface area contributed by atoms with Crippen LogP contribution in [0, 0.1) is 0 Å². The zero-order valence-electron chi connectivity index (χ0n) is 20.9. The van der Waals surface area contributed by atoms with Gasteiger partial charge in [-0.25, -0.2) is 0 Å². The number of nitrogens with zero attached hydrogens (tertiary/aromatic N) is 3. The first-order valence-electron chi connectivity index (χ1n) is 12.7. The molecule has 1 aromatic rings. The number of nitrogens with one attached hydrogen (secondary N) is 1. The van der Waals surface area contributed by atoms with Crippen molar-refractivity contribution in [3.63, 3.8) is 0 Å². The number of likely N-dealkylation sites (tertiary alicyclic amines) is 1. The quantitative estimate of drug-likeness (QED) is 0.254. The smallest absolute Gasteiger partial charge is 0.193 e. The molecule has 7 heteroatoms. The first-order chi connectivity index (χ1) is 15.7. The summed E-state index contributed by atoms with van der Waals surface area (Å²) in [5, 5.41) is 3.50. The average Bonchev–Trinajstić information content (AvgIpc) is 2.84. The minimum atomic E-state index is 0. The molecule has 0 aromatic heterocycles. The Morgan fingerprint density at radius 2 is 1.97 bits per heavy atom. The van der Waals surface area contributed by atoms with E-state index in [-0.39, 0.29) is 24.0 Å². The van der Waals surface area contributed by atoms with Crippen molar-refractivity contribution in [3.8, 4) is 0 Å². The van der Waals surface area contributed by atoms with Crippen LogP contribution in [-0.2, 0) is 16.0 Å². The summed E-state index contributed by atoms with van der Waals surface area (Å²) < 4.78 is 12.0. The van der Waals surface area contributed by atoms with Gasteiger partial charge in [0.25, 0.3) is 0 Å². The second-order valence-electron chi connectivity index (χ2n) is 9.28. The molecule has 0 amide bonds. The van der Waals surface area contributed by atoms with E-state index in [4.69, 9.17) is 14.5 Å². The van der Waals surface area contributed by atoms with E-state index in [0.29, 0.717) is 18.2 Å². The summed E-state index contributed by atoms with van der Waals surface area (Å²) in [6, 6.07) is 11.2. The molecule has 2 saturated heterocycles. The first-order valence-corrected chi connectivity index (χ1v) is 12.7. The minimum absolute atomic E-state index is 0. The number of hydrogen-bond donors (Lipinski definition) is 1. The van der Waals surface area contributed by atoms with Crippen molar-refractivity contribution in [3.05, 3.63) is 35.9 Å². The third-order valence-electron chi connectivity index (χ3n) is 6.70. The van der Waals surface area contributed by atoms with Gasteiger partial charge in [0.15, 0.2) is 5.96 Å². The largest absolute Gasteiger partial charge is 0.376 e. The van der Waals surface area contributed by atoms with Gasteiger partial charge < -0.3 is 19.7 Å². The number of rotatable bonds is 10. The number of benzene rings is 1. The zero-order chi connectivity index (χ0) is 22.6. The molecule has 2 heterocycles. The van der Waals surface area contributed by atoms with E-state index in [9.17, 15) is 0 Å². The van der Waals surface area contributed by atoms with E-state index >= 15 is 0 Å². The fourth-order valence-corrected chi connectivity index (χ4v) is 4.45. The molecule has 33 heavy (non-hydrogen) atoms. The molecule has 0 saturated carbocycles. The predicted molar refractivity (Wildman–Crippen MR) is 148 cm³/mol. The lowest BCUT2D eigenvalue weighted by atomic mass is 10.1. The van der Waals surface area contributed by atoms with Gasteiger partial charge in [-0.05, 0) is 65.0 Å². The molecule has 2 unspecified atom stereocenters. The molecule has 2 fully saturated rings. The maximum absolute atomic E-state index is 6.18. The molecule has 3 rings (SSSR count). The zero-order valence-corrected chi connectivity index (χ0v) is 23.2. The van der Waals surface area contributed by atoms with Crippen LogP contribution in [0.5, 0.6) is 0 Å². The summed E-state index contributed by atoms with van der Waals surface area (Å²) in [4.78, 5) is 9.77. The van der Waals surface area contributed by atoms with Gasteiger partial charge >= 0.3 is 0 Å². The summed E-state index contributed by atoms with van der Waals surface area (Å²) in [7, 11) is 2.20. The standard InChI is InChI=1S/C26H44N4O2.HI/c1-4-27-26(28-16-13-22(2)29(3)20-23-10-6-5-7-11-23)30-17-14-24(15-18-30)32-21-25-12-8-9-19-31-25;/h5-7,10-11,22,24-25H,4,8-9,12-21H2,1-3H3,(H,27,28);1H. The summed E-state index contributed by atoms with van der Waals surface area (Å²) in [6.45, 7) is 10.8. The number of ether oxygens (including phenoxy) is 2. The second-order valence-corrected chi connectivity index (χ2v) is 9.28. The number of guanidine groups is 1. The van der Waals surface area contributed by atoms with Crippen LogP contribution < -0.4 is 5.32 Å². The van der Waals surface area contributed by atoms with Crippen LogP contribution in [0.15, 0.2) is 35.3 Å². The lowest BCUT2D eigenvalue weighted by Gasteiger charge is -2.35. The molecule has 0 bridgehead atoms. The highest BCUT2D eigenvalue weighted by molar-refractivity contribution is 14.0. The van der Waals surface area contributed by atoms with Gasteiger partial charge in [-0.3, -0.25) is 9.89 Å². The summed E-state index contributed by atoms with van der Waals surface area (Å²) in [6.07, 6.45) is 7.46. The van der Waals surface area contributed by atoms with E-state index in [1.165, 1.54) is 18.4 Å². The first kappa shape index (κ1) is 28.3. The number of hydrogen-bond acceptors (Lipinski definition) is 4.